The highest BCUT2D eigenvalue weighted by atomic mass is 32.2. The lowest BCUT2D eigenvalue weighted by Crippen LogP contribution is -1.89. The number of nitrogens with zero attached hydrogens (tertiary/aromatic N) is 2. The third kappa shape index (κ3) is 4.09. The fraction of sp³-hybridized carbons (Fsp3) is 0.200. The molecular weight excluding hydrogens is 288 g/mol. The van der Waals surface area contributed by atoms with Crippen molar-refractivity contribution in [1.29, 1.82) is 10.5 Å². The Morgan fingerprint density at radius 3 is 2.05 bits per heavy atom. The number of nitriles is 2. The van der Waals surface area contributed by atoms with E-state index in [1.54, 1.807) is 30.6 Å². The van der Waals surface area contributed by atoms with Gasteiger partial charge in [0.05, 0.1) is 7.11 Å². The van der Waals surface area contributed by atoms with Gasteiger partial charge in [0.15, 0.2) is 0 Å². The molecule has 0 heterocycles. The van der Waals surface area contributed by atoms with E-state index < -0.39 is 0 Å². The molecule has 0 aromatic heterocycles. The summed E-state index contributed by atoms with van der Waals surface area (Å²) in [4.78, 5) is 0. The zero-order valence-corrected chi connectivity index (χ0v) is 13.1. The van der Waals surface area contributed by atoms with E-state index in [0.717, 1.165) is 15.6 Å². The Balaban J connectivity index is 3.39. The lowest BCUT2D eigenvalue weighted by molar-refractivity contribution is 0.415. The number of benzene rings is 1. The summed E-state index contributed by atoms with van der Waals surface area (Å²) < 4.78 is 6.16. The molecule has 1 aromatic carbocycles. The van der Waals surface area contributed by atoms with E-state index in [0.29, 0.717) is 5.57 Å². The Morgan fingerprint density at radius 1 is 1.10 bits per heavy atom. The molecule has 1 rings (SSSR count). The molecule has 3 nitrogen and oxygen atoms in total. The fourth-order valence-corrected chi connectivity index (χ4v) is 2.67. The van der Waals surface area contributed by atoms with Gasteiger partial charge in [0.25, 0.3) is 0 Å². The van der Waals surface area contributed by atoms with Crippen molar-refractivity contribution >= 4 is 29.1 Å². The van der Waals surface area contributed by atoms with Gasteiger partial charge in [-0.15, -0.1) is 23.5 Å². The van der Waals surface area contributed by atoms with Gasteiger partial charge < -0.3 is 4.74 Å². The normalized spacial score (nSPS) is 9.05. The molecule has 0 radical (unpaired) electrons. The molecule has 0 fully saturated rings. The maximum atomic E-state index is 9.12. The van der Waals surface area contributed by atoms with Crippen LogP contribution in [0.4, 0.5) is 0 Å². The van der Waals surface area contributed by atoms with Crippen LogP contribution >= 0.6 is 23.5 Å². The molecule has 0 spiro atoms. The number of thioether (sulfide) groups is 2. The second-order valence-corrected chi connectivity index (χ2v) is 5.57. The third-order valence-corrected chi connectivity index (χ3v) is 4.60. The lowest BCUT2D eigenvalue weighted by atomic mass is 10.0. The van der Waals surface area contributed by atoms with E-state index in [1.807, 2.05) is 55.0 Å². The number of ether oxygens (including phenoxy) is 1. The first-order chi connectivity index (χ1) is 9.69. The largest absolute Gasteiger partial charge is 0.497 e. The first kappa shape index (κ1) is 16.2. The van der Waals surface area contributed by atoms with Crippen molar-refractivity contribution in [2.45, 2.75) is 0 Å². The minimum atomic E-state index is 0.107. The molecule has 0 saturated heterocycles. The van der Waals surface area contributed by atoms with Crippen molar-refractivity contribution in [3.8, 4) is 17.9 Å². The first-order valence-electron chi connectivity index (χ1n) is 5.68. The van der Waals surface area contributed by atoms with E-state index >= 15 is 0 Å². The minimum Gasteiger partial charge on any atom is -0.497 e. The SMILES string of the molecule is COc1ccc(C(C=C(SC)SC)=C(C#N)C#N)cc1. The third-order valence-electron chi connectivity index (χ3n) is 2.56. The van der Waals surface area contributed by atoms with Crippen LogP contribution in [0.3, 0.4) is 0 Å². The molecule has 20 heavy (non-hydrogen) atoms. The summed E-state index contributed by atoms with van der Waals surface area (Å²) in [7, 11) is 1.60. The molecule has 1 aromatic rings. The standard InChI is InChI=1S/C15H14N2OS2/c1-18-13-6-4-11(5-7-13)14(12(9-16)10-17)8-15(19-2)20-3/h4-8H,1-3H3. The number of rotatable bonds is 5. The van der Waals surface area contributed by atoms with Crippen molar-refractivity contribution in [2.75, 3.05) is 19.6 Å². The first-order valence-corrected chi connectivity index (χ1v) is 8.13. The molecule has 0 aliphatic rings. The smallest absolute Gasteiger partial charge is 0.137 e. The van der Waals surface area contributed by atoms with Gasteiger partial charge in [-0.2, -0.15) is 10.5 Å². The predicted octanol–water partition coefficient (Wildman–Crippen LogP) is 4.06. The van der Waals surface area contributed by atoms with Crippen LogP contribution in [-0.2, 0) is 0 Å². The van der Waals surface area contributed by atoms with Gasteiger partial charge in [-0.3, -0.25) is 0 Å². The molecule has 0 aliphatic carbocycles. The molecule has 0 unspecified atom stereocenters. The molecule has 5 heteroatoms. The topological polar surface area (TPSA) is 56.8 Å². The summed E-state index contributed by atoms with van der Waals surface area (Å²) in [5.41, 5.74) is 1.57. The number of allylic oxidation sites excluding steroid dienone is 3. The highest BCUT2D eigenvalue weighted by Crippen LogP contribution is 2.30. The molecule has 0 saturated carbocycles. The average molecular weight is 302 g/mol. The molecule has 0 N–H and O–H groups in total. The van der Waals surface area contributed by atoms with Crippen molar-refractivity contribution in [1.82, 2.24) is 0 Å². The maximum absolute atomic E-state index is 9.12. The van der Waals surface area contributed by atoms with Crippen LogP contribution in [0.5, 0.6) is 5.75 Å². The lowest BCUT2D eigenvalue weighted by Gasteiger charge is -2.07. The van der Waals surface area contributed by atoms with Crippen LogP contribution < -0.4 is 4.74 Å². The minimum absolute atomic E-state index is 0.107. The van der Waals surface area contributed by atoms with Gasteiger partial charge in [-0.25, -0.2) is 0 Å². The van der Waals surface area contributed by atoms with Crippen molar-refractivity contribution in [2.24, 2.45) is 0 Å². The van der Waals surface area contributed by atoms with Crippen LogP contribution in [0.2, 0.25) is 0 Å². The van der Waals surface area contributed by atoms with Gasteiger partial charge >= 0.3 is 0 Å². The summed E-state index contributed by atoms with van der Waals surface area (Å²) >= 11 is 3.17. The molecule has 0 bridgehead atoms. The summed E-state index contributed by atoms with van der Waals surface area (Å²) in [6, 6.07) is 11.2. The van der Waals surface area contributed by atoms with E-state index in [2.05, 4.69) is 0 Å². The van der Waals surface area contributed by atoms with Gasteiger partial charge in [0.1, 0.15) is 23.5 Å². The van der Waals surface area contributed by atoms with Crippen molar-refractivity contribution < 1.29 is 4.74 Å². The highest BCUT2D eigenvalue weighted by molar-refractivity contribution is 8.21. The quantitative estimate of drug-likeness (QED) is 0.606. The predicted molar refractivity (Wildman–Crippen MR) is 86.3 cm³/mol. The van der Waals surface area contributed by atoms with Gasteiger partial charge in [0, 0.05) is 9.81 Å². The second-order valence-electron chi connectivity index (χ2n) is 3.61. The van der Waals surface area contributed by atoms with Crippen LogP contribution in [-0.4, -0.2) is 19.6 Å². The fourth-order valence-electron chi connectivity index (χ4n) is 1.53. The van der Waals surface area contributed by atoms with E-state index in [-0.39, 0.29) is 5.57 Å². The van der Waals surface area contributed by atoms with Crippen molar-refractivity contribution in [3.05, 3.63) is 45.7 Å². The highest BCUT2D eigenvalue weighted by Gasteiger charge is 2.08. The maximum Gasteiger partial charge on any atom is 0.137 e. The van der Waals surface area contributed by atoms with Gasteiger partial charge in [-0.1, -0.05) is 12.1 Å². The number of methoxy groups -OCH3 is 1. The van der Waals surface area contributed by atoms with E-state index in [9.17, 15) is 0 Å². The second kappa shape index (κ2) is 8.37. The Bertz CT molecular complexity index is 582. The molecule has 0 amide bonds. The average Bonchev–Trinajstić information content (AvgIpc) is 2.51. The number of hydrogen-bond donors (Lipinski definition) is 0. The molecule has 0 aliphatic heterocycles. The summed E-state index contributed by atoms with van der Waals surface area (Å²) in [5, 5.41) is 18.2. The van der Waals surface area contributed by atoms with Gasteiger partial charge in [-0.05, 0) is 36.3 Å². The summed E-state index contributed by atoms with van der Waals surface area (Å²) in [5.74, 6) is 0.738. The molecule has 102 valence electrons. The van der Waals surface area contributed by atoms with Crippen molar-refractivity contribution in [3.63, 3.8) is 0 Å². The Kier molecular flexibility index (Phi) is 6.79. The van der Waals surface area contributed by atoms with Crippen LogP contribution in [0, 0.1) is 22.7 Å². The zero-order valence-electron chi connectivity index (χ0n) is 11.5. The summed E-state index contributed by atoms with van der Waals surface area (Å²) in [6.45, 7) is 0. The Labute approximate surface area is 127 Å². The Hall–Kier alpha value is -1.82. The van der Waals surface area contributed by atoms with Crippen LogP contribution in [0.15, 0.2) is 40.2 Å². The van der Waals surface area contributed by atoms with Crippen LogP contribution in [0.25, 0.3) is 5.57 Å². The van der Waals surface area contributed by atoms with E-state index in [4.69, 9.17) is 15.3 Å². The zero-order chi connectivity index (χ0) is 15.0. The van der Waals surface area contributed by atoms with E-state index in [1.165, 1.54) is 0 Å². The molecular formula is C15H14N2OS2. The summed E-state index contributed by atoms with van der Waals surface area (Å²) in [6.07, 6.45) is 5.80. The monoisotopic (exact) mass is 302 g/mol. The van der Waals surface area contributed by atoms with Gasteiger partial charge in [0.2, 0.25) is 0 Å². The Morgan fingerprint density at radius 2 is 1.65 bits per heavy atom. The molecule has 0 atom stereocenters. The van der Waals surface area contributed by atoms with Crippen LogP contribution in [0.1, 0.15) is 5.56 Å². The number of hydrogen-bond acceptors (Lipinski definition) is 5.